The van der Waals surface area contributed by atoms with Crippen molar-refractivity contribution < 1.29 is 19.4 Å². The molecule has 0 aromatic heterocycles. The fourth-order valence-electron chi connectivity index (χ4n) is 1.66. The molecule has 0 unspecified atom stereocenters. The van der Waals surface area contributed by atoms with Gasteiger partial charge >= 0.3 is 5.97 Å². The van der Waals surface area contributed by atoms with E-state index in [-0.39, 0.29) is 12.2 Å². The molecular weight excluding hydrogens is 270 g/mol. The van der Waals surface area contributed by atoms with Gasteiger partial charge in [-0.25, -0.2) is 4.79 Å². The Bertz CT molecular complexity index is 514. The van der Waals surface area contributed by atoms with E-state index in [4.69, 9.17) is 4.74 Å². The van der Waals surface area contributed by atoms with Gasteiger partial charge in [0.25, 0.3) is 0 Å². The lowest BCUT2D eigenvalue weighted by molar-refractivity contribution is -0.158. The highest BCUT2D eigenvalue weighted by atomic mass is 16.6. The van der Waals surface area contributed by atoms with Crippen LogP contribution in [-0.4, -0.2) is 28.6 Å². The molecule has 0 heterocycles. The Hall–Kier alpha value is -2.30. The molecule has 0 fully saturated rings. The lowest BCUT2D eigenvalue weighted by atomic mass is 10.1. The van der Waals surface area contributed by atoms with Crippen molar-refractivity contribution in [3.63, 3.8) is 0 Å². The van der Waals surface area contributed by atoms with Crippen molar-refractivity contribution in [1.29, 1.82) is 0 Å². The van der Waals surface area contributed by atoms with E-state index >= 15 is 0 Å². The molecular formula is C16H21NO4. The average molecular weight is 291 g/mol. The fourth-order valence-corrected chi connectivity index (χ4v) is 1.66. The van der Waals surface area contributed by atoms with Crippen LogP contribution in [0.15, 0.2) is 36.9 Å². The van der Waals surface area contributed by atoms with Crippen LogP contribution in [0, 0.1) is 0 Å². The van der Waals surface area contributed by atoms with Crippen molar-refractivity contribution in [1.82, 2.24) is 5.32 Å². The molecule has 1 aromatic carbocycles. The van der Waals surface area contributed by atoms with Crippen LogP contribution in [0.4, 0.5) is 0 Å². The molecule has 114 valence electrons. The molecule has 0 saturated heterocycles. The van der Waals surface area contributed by atoms with Crippen LogP contribution in [0.3, 0.4) is 0 Å². The number of carbonyl (C=O) groups excluding carboxylic acids is 2. The number of phenolic OH excluding ortho intramolecular Hbond substituents is 1. The summed E-state index contributed by atoms with van der Waals surface area (Å²) in [5, 5.41) is 11.8. The van der Waals surface area contributed by atoms with E-state index in [1.807, 2.05) is 0 Å². The van der Waals surface area contributed by atoms with Crippen molar-refractivity contribution in [2.75, 3.05) is 0 Å². The minimum absolute atomic E-state index is 0.141. The first-order valence-corrected chi connectivity index (χ1v) is 6.65. The van der Waals surface area contributed by atoms with E-state index in [1.165, 1.54) is 12.1 Å². The van der Waals surface area contributed by atoms with Gasteiger partial charge in [0, 0.05) is 6.42 Å². The third-order valence-corrected chi connectivity index (χ3v) is 2.57. The molecule has 0 bridgehead atoms. The molecule has 2 N–H and O–H groups in total. The first-order chi connectivity index (χ1) is 9.71. The quantitative estimate of drug-likeness (QED) is 0.642. The van der Waals surface area contributed by atoms with Crippen LogP contribution in [0.2, 0.25) is 0 Å². The Labute approximate surface area is 124 Å². The Kier molecular flexibility index (Phi) is 5.52. The van der Waals surface area contributed by atoms with Crippen molar-refractivity contribution in [3.05, 3.63) is 42.5 Å². The summed E-state index contributed by atoms with van der Waals surface area (Å²) in [6, 6.07) is 5.62. The van der Waals surface area contributed by atoms with Crippen molar-refractivity contribution in [3.8, 4) is 5.75 Å². The smallest absolute Gasteiger partial charge is 0.329 e. The van der Waals surface area contributed by atoms with Crippen molar-refractivity contribution >= 4 is 11.9 Å². The van der Waals surface area contributed by atoms with Gasteiger partial charge in [-0.2, -0.15) is 0 Å². The molecule has 0 saturated carbocycles. The second kappa shape index (κ2) is 6.92. The van der Waals surface area contributed by atoms with Crippen LogP contribution in [-0.2, 0) is 20.7 Å². The molecule has 0 radical (unpaired) electrons. The van der Waals surface area contributed by atoms with E-state index in [0.29, 0.717) is 0 Å². The number of hydrogen-bond donors (Lipinski definition) is 2. The van der Waals surface area contributed by atoms with Crippen LogP contribution in [0.25, 0.3) is 0 Å². The molecule has 21 heavy (non-hydrogen) atoms. The largest absolute Gasteiger partial charge is 0.508 e. The zero-order valence-electron chi connectivity index (χ0n) is 12.6. The molecule has 0 spiro atoms. The van der Waals surface area contributed by atoms with Crippen molar-refractivity contribution in [2.24, 2.45) is 0 Å². The molecule has 0 aliphatic heterocycles. The van der Waals surface area contributed by atoms with Crippen molar-refractivity contribution in [2.45, 2.75) is 38.8 Å². The number of hydrogen-bond acceptors (Lipinski definition) is 4. The van der Waals surface area contributed by atoms with Gasteiger partial charge in [0.15, 0.2) is 0 Å². The Morgan fingerprint density at radius 1 is 1.33 bits per heavy atom. The van der Waals surface area contributed by atoms with Gasteiger partial charge in [-0.1, -0.05) is 18.7 Å². The highest BCUT2D eigenvalue weighted by Gasteiger charge is 2.26. The number of rotatable bonds is 5. The first kappa shape index (κ1) is 16.8. The lowest BCUT2D eigenvalue weighted by Crippen LogP contribution is -2.45. The summed E-state index contributed by atoms with van der Waals surface area (Å²) in [4.78, 5) is 23.6. The summed E-state index contributed by atoms with van der Waals surface area (Å²) in [5.41, 5.74) is 0.163. The maximum absolute atomic E-state index is 12.2. The molecule has 1 amide bonds. The summed E-state index contributed by atoms with van der Waals surface area (Å²) >= 11 is 0. The molecule has 1 rings (SSSR count). The number of carbonyl (C=O) groups is 2. The van der Waals surface area contributed by atoms with Gasteiger partial charge in [-0.05, 0) is 44.5 Å². The van der Waals surface area contributed by atoms with E-state index in [1.54, 1.807) is 32.9 Å². The van der Waals surface area contributed by atoms with Gasteiger partial charge in [-0.15, -0.1) is 0 Å². The summed E-state index contributed by atoms with van der Waals surface area (Å²) in [6.45, 7) is 8.65. The van der Waals surface area contributed by atoms with E-state index in [2.05, 4.69) is 11.9 Å². The number of phenols is 1. The molecule has 0 aliphatic carbocycles. The number of nitrogens with one attached hydrogen (secondary N) is 1. The Balaban J connectivity index is 2.85. The third-order valence-electron chi connectivity index (χ3n) is 2.57. The van der Waals surface area contributed by atoms with Crippen LogP contribution < -0.4 is 5.32 Å². The van der Waals surface area contributed by atoms with E-state index in [0.717, 1.165) is 11.6 Å². The molecule has 5 heteroatoms. The average Bonchev–Trinajstić information content (AvgIpc) is 2.38. The van der Waals surface area contributed by atoms with Crippen LogP contribution >= 0.6 is 0 Å². The van der Waals surface area contributed by atoms with E-state index < -0.39 is 23.5 Å². The highest BCUT2D eigenvalue weighted by molar-refractivity contribution is 5.91. The van der Waals surface area contributed by atoms with Crippen LogP contribution in [0.5, 0.6) is 5.75 Å². The molecule has 0 aliphatic rings. The normalized spacial score (nSPS) is 12.3. The molecule has 1 atom stereocenters. The zero-order valence-corrected chi connectivity index (χ0v) is 12.6. The van der Waals surface area contributed by atoms with Gasteiger partial charge in [-0.3, -0.25) is 4.79 Å². The number of ether oxygens (including phenoxy) is 1. The minimum atomic E-state index is -0.806. The lowest BCUT2D eigenvalue weighted by Gasteiger charge is -2.24. The number of amides is 1. The van der Waals surface area contributed by atoms with Gasteiger partial charge in [0.05, 0.1) is 0 Å². The maximum Gasteiger partial charge on any atom is 0.329 e. The number of benzene rings is 1. The second-order valence-corrected chi connectivity index (χ2v) is 5.67. The van der Waals surface area contributed by atoms with Gasteiger partial charge in [0.2, 0.25) is 5.91 Å². The standard InChI is InChI=1S/C16H21NO4/c1-5-14(19)17-13(15(20)21-16(2,3)4)10-11-6-8-12(18)9-7-11/h5-9,13,18H,1,10H2,2-4H3,(H,17,19)/t13-/m0/s1. The Morgan fingerprint density at radius 3 is 2.38 bits per heavy atom. The topological polar surface area (TPSA) is 75.6 Å². The Morgan fingerprint density at radius 2 is 1.90 bits per heavy atom. The van der Waals surface area contributed by atoms with Gasteiger partial charge in [0.1, 0.15) is 17.4 Å². The van der Waals surface area contributed by atoms with Gasteiger partial charge < -0.3 is 15.2 Å². The monoisotopic (exact) mass is 291 g/mol. The second-order valence-electron chi connectivity index (χ2n) is 5.67. The summed E-state index contributed by atoms with van der Waals surface area (Å²) in [7, 11) is 0. The minimum Gasteiger partial charge on any atom is -0.508 e. The third kappa shape index (κ3) is 6.12. The SMILES string of the molecule is C=CC(=O)N[C@@H](Cc1ccc(O)cc1)C(=O)OC(C)(C)C. The van der Waals surface area contributed by atoms with Crippen LogP contribution in [0.1, 0.15) is 26.3 Å². The fraction of sp³-hybridized carbons (Fsp3) is 0.375. The summed E-state index contributed by atoms with van der Waals surface area (Å²) in [5.74, 6) is -0.807. The highest BCUT2D eigenvalue weighted by Crippen LogP contribution is 2.14. The number of esters is 1. The molecule has 1 aromatic rings. The predicted molar refractivity (Wildman–Crippen MR) is 79.8 cm³/mol. The predicted octanol–water partition coefficient (Wildman–Crippen LogP) is 1.95. The maximum atomic E-state index is 12.2. The summed E-state index contributed by atoms with van der Waals surface area (Å²) in [6.07, 6.45) is 1.38. The summed E-state index contributed by atoms with van der Waals surface area (Å²) < 4.78 is 5.30. The molecule has 5 nitrogen and oxygen atoms in total. The number of aromatic hydroxyl groups is 1. The van der Waals surface area contributed by atoms with E-state index in [9.17, 15) is 14.7 Å². The zero-order chi connectivity index (χ0) is 16.0. The first-order valence-electron chi connectivity index (χ1n) is 6.65.